The molecule has 0 spiro atoms. The molecular weight excluding hydrogens is 382 g/mol. The molecule has 1 aromatic heterocycles. The van der Waals surface area contributed by atoms with Crippen molar-refractivity contribution in [3.8, 4) is 0 Å². The van der Waals surface area contributed by atoms with Gasteiger partial charge in [-0.15, -0.1) is 0 Å². The Hall–Kier alpha value is -2.60. The lowest BCUT2D eigenvalue weighted by Gasteiger charge is -2.16. The van der Waals surface area contributed by atoms with E-state index in [0.29, 0.717) is 28.5 Å². The van der Waals surface area contributed by atoms with E-state index >= 15 is 0 Å². The maximum absolute atomic E-state index is 13.0. The maximum atomic E-state index is 13.0. The van der Waals surface area contributed by atoms with E-state index in [9.17, 15) is 9.59 Å². The molecule has 0 saturated carbocycles. The number of hydrogen-bond donors (Lipinski definition) is 1. The molecule has 0 saturated heterocycles. The van der Waals surface area contributed by atoms with Gasteiger partial charge in [-0.25, -0.2) is 4.98 Å². The highest BCUT2D eigenvalue weighted by Gasteiger charge is 2.23. The zero-order valence-electron chi connectivity index (χ0n) is 16.7. The van der Waals surface area contributed by atoms with Crippen molar-refractivity contribution in [3.63, 3.8) is 0 Å². The van der Waals surface area contributed by atoms with Crippen LogP contribution < -0.4 is 10.9 Å². The quantitative estimate of drug-likeness (QED) is 0.496. The third kappa shape index (κ3) is 4.22. The zero-order chi connectivity index (χ0) is 20.4. The lowest BCUT2D eigenvalue weighted by atomic mass is 10.1. The Bertz CT molecular complexity index is 1110. The van der Waals surface area contributed by atoms with Gasteiger partial charge < -0.3 is 5.32 Å². The molecule has 1 N–H and O–H groups in total. The highest BCUT2D eigenvalue weighted by atomic mass is 32.2. The van der Waals surface area contributed by atoms with Crippen molar-refractivity contribution in [2.24, 2.45) is 5.92 Å². The van der Waals surface area contributed by atoms with Crippen LogP contribution in [0.4, 0.5) is 0 Å². The van der Waals surface area contributed by atoms with Crippen molar-refractivity contribution in [1.29, 1.82) is 0 Å². The number of thioether (sulfide) groups is 1. The van der Waals surface area contributed by atoms with Gasteiger partial charge in [-0.05, 0) is 42.0 Å². The number of para-hydroxylation sites is 1. The Kier molecular flexibility index (Phi) is 5.72. The normalized spacial score (nSPS) is 15.6. The second-order valence-electron chi connectivity index (χ2n) is 7.87. The zero-order valence-corrected chi connectivity index (χ0v) is 17.5. The van der Waals surface area contributed by atoms with E-state index in [2.05, 4.69) is 36.3 Å². The minimum atomic E-state index is -0.0445. The molecule has 0 fully saturated rings. The van der Waals surface area contributed by atoms with Crippen LogP contribution in [0, 0.1) is 5.92 Å². The molecule has 29 heavy (non-hydrogen) atoms. The van der Waals surface area contributed by atoms with Gasteiger partial charge in [-0.3, -0.25) is 14.2 Å². The summed E-state index contributed by atoms with van der Waals surface area (Å²) in [5, 5.41) is 4.36. The summed E-state index contributed by atoms with van der Waals surface area (Å²) in [5.41, 5.74) is 3.15. The number of hydrogen-bond acceptors (Lipinski definition) is 4. The number of carbonyl (C=O) groups excluding carboxylic acids is 1. The Balaban J connectivity index is 1.52. The van der Waals surface area contributed by atoms with Crippen LogP contribution in [0.15, 0.2) is 58.5 Å². The second-order valence-corrected chi connectivity index (χ2v) is 8.81. The van der Waals surface area contributed by atoms with Gasteiger partial charge in [0.05, 0.1) is 22.7 Å². The van der Waals surface area contributed by atoms with E-state index < -0.39 is 0 Å². The third-order valence-electron chi connectivity index (χ3n) is 5.17. The third-order valence-corrected chi connectivity index (χ3v) is 6.15. The van der Waals surface area contributed by atoms with Gasteiger partial charge in [0.25, 0.3) is 5.56 Å². The van der Waals surface area contributed by atoms with Crippen molar-refractivity contribution in [2.45, 2.75) is 44.4 Å². The minimum absolute atomic E-state index is 0.0322. The monoisotopic (exact) mass is 407 g/mol. The van der Waals surface area contributed by atoms with E-state index in [1.807, 2.05) is 30.3 Å². The minimum Gasteiger partial charge on any atom is -0.349 e. The highest BCUT2D eigenvalue weighted by molar-refractivity contribution is 7.99. The number of aromatic nitrogens is 2. The number of amides is 1. The molecule has 1 heterocycles. The molecule has 1 atom stereocenters. The van der Waals surface area contributed by atoms with Crippen molar-refractivity contribution in [1.82, 2.24) is 14.9 Å². The number of fused-ring (bicyclic) bond motifs is 2. The van der Waals surface area contributed by atoms with Crippen molar-refractivity contribution < 1.29 is 4.79 Å². The summed E-state index contributed by atoms with van der Waals surface area (Å²) in [6.45, 7) is 4.72. The largest absolute Gasteiger partial charge is 0.349 e. The Morgan fingerprint density at radius 3 is 2.79 bits per heavy atom. The van der Waals surface area contributed by atoms with Crippen LogP contribution in [-0.2, 0) is 17.8 Å². The first-order valence-electron chi connectivity index (χ1n) is 10.0. The number of benzene rings is 2. The summed E-state index contributed by atoms with van der Waals surface area (Å²) >= 11 is 1.33. The summed E-state index contributed by atoms with van der Waals surface area (Å²) in [6.07, 6.45) is 1.93. The number of rotatable bonds is 6. The van der Waals surface area contributed by atoms with Crippen molar-refractivity contribution >= 4 is 28.6 Å². The standard InChI is InChI=1S/C23H25N3O2S/c1-15(2)13-26-22(28)18-9-5-6-10-19(18)25-23(26)29-14-21(27)24-20-12-11-16-7-3-4-8-17(16)20/h3-10,15,20H,11-14H2,1-2H3,(H,24,27)/t20-/m1/s1. The van der Waals surface area contributed by atoms with Gasteiger partial charge >= 0.3 is 0 Å². The predicted octanol–water partition coefficient (Wildman–Crippen LogP) is 3.95. The first kappa shape index (κ1) is 19.7. The molecule has 150 valence electrons. The Labute approximate surface area is 174 Å². The van der Waals surface area contributed by atoms with Crippen LogP contribution in [0.3, 0.4) is 0 Å². The fourth-order valence-electron chi connectivity index (χ4n) is 3.86. The van der Waals surface area contributed by atoms with Gasteiger partial charge in [0, 0.05) is 6.54 Å². The van der Waals surface area contributed by atoms with Crippen molar-refractivity contribution in [3.05, 3.63) is 70.0 Å². The predicted molar refractivity (Wildman–Crippen MR) is 117 cm³/mol. The number of aryl methyl sites for hydroxylation is 1. The van der Waals surface area contributed by atoms with E-state index in [4.69, 9.17) is 0 Å². The molecule has 0 unspecified atom stereocenters. The summed E-state index contributed by atoms with van der Waals surface area (Å²) < 4.78 is 1.70. The van der Waals surface area contributed by atoms with Crippen molar-refractivity contribution in [2.75, 3.05) is 5.75 Å². The van der Waals surface area contributed by atoms with Crippen LogP contribution in [-0.4, -0.2) is 21.2 Å². The van der Waals surface area contributed by atoms with Gasteiger partial charge in [0.2, 0.25) is 5.91 Å². The Morgan fingerprint density at radius 1 is 1.21 bits per heavy atom. The van der Waals surface area contributed by atoms with E-state index in [-0.39, 0.29) is 23.3 Å². The smallest absolute Gasteiger partial charge is 0.262 e. The first-order chi connectivity index (χ1) is 14.0. The fraction of sp³-hybridized carbons (Fsp3) is 0.348. The van der Waals surface area contributed by atoms with Gasteiger partial charge in [0.1, 0.15) is 0 Å². The molecule has 4 rings (SSSR count). The van der Waals surface area contributed by atoms with Gasteiger partial charge in [-0.1, -0.05) is 62.0 Å². The summed E-state index contributed by atoms with van der Waals surface area (Å²) in [6, 6.07) is 15.7. The molecule has 3 aromatic rings. The molecule has 0 radical (unpaired) electrons. The molecule has 0 bridgehead atoms. The average molecular weight is 408 g/mol. The molecule has 1 aliphatic carbocycles. The number of carbonyl (C=O) groups is 1. The molecular formula is C23H25N3O2S. The number of nitrogens with zero attached hydrogens (tertiary/aromatic N) is 2. The van der Waals surface area contributed by atoms with Crippen LogP contribution in [0.2, 0.25) is 0 Å². The Morgan fingerprint density at radius 2 is 1.97 bits per heavy atom. The summed E-state index contributed by atoms with van der Waals surface area (Å²) in [4.78, 5) is 30.2. The molecule has 0 aliphatic heterocycles. The fourth-order valence-corrected chi connectivity index (χ4v) is 4.68. The molecule has 2 aromatic carbocycles. The first-order valence-corrected chi connectivity index (χ1v) is 11.0. The van der Waals surface area contributed by atoms with Crippen LogP contribution in [0.5, 0.6) is 0 Å². The van der Waals surface area contributed by atoms with Gasteiger partial charge in [0.15, 0.2) is 5.16 Å². The van der Waals surface area contributed by atoms with Crippen LogP contribution in [0.25, 0.3) is 10.9 Å². The van der Waals surface area contributed by atoms with E-state index in [1.54, 1.807) is 10.6 Å². The topological polar surface area (TPSA) is 64.0 Å². The highest BCUT2D eigenvalue weighted by Crippen LogP contribution is 2.30. The molecule has 1 aliphatic rings. The van der Waals surface area contributed by atoms with E-state index in [1.165, 1.54) is 22.9 Å². The SMILES string of the molecule is CC(C)Cn1c(SCC(=O)N[C@@H]2CCc3ccccc32)nc2ccccc2c1=O. The summed E-state index contributed by atoms with van der Waals surface area (Å²) in [5.74, 6) is 0.510. The lowest BCUT2D eigenvalue weighted by molar-refractivity contribution is -0.119. The molecule has 6 heteroatoms. The lowest BCUT2D eigenvalue weighted by Crippen LogP contribution is -2.30. The number of nitrogens with one attached hydrogen (secondary N) is 1. The van der Waals surface area contributed by atoms with Crippen LogP contribution in [0.1, 0.15) is 37.4 Å². The molecule has 1 amide bonds. The van der Waals surface area contributed by atoms with Gasteiger partial charge in [-0.2, -0.15) is 0 Å². The average Bonchev–Trinajstić information content (AvgIpc) is 3.11. The second kappa shape index (κ2) is 8.41. The molecule has 5 nitrogen and oxygen atoms in total. The summed E-state index contributed by atoms with van der Waals surface area (Å²) in [7, 11) is 0. The van der Waals surface area contributed by atoms with Crippen LogP contribution >= 0.6 is 11.8 Å². The maximum Gasteiger partial charge on any atom is 0.262 e. The van der Waals surface area contributed by atoms with E-state index in [0.717, 1.165) is 12.8 Å².